The van der Waals surface area contributed by atoms with Crippen molar-refractivity contribution in [3.8, 4) is 0 Å². The van der Waals surface area contributed by atoms with Gasteiger partial charge in [0.15, 0.2) is 0 Å². The van der Waals surface area contributed by atoms with Crippen LogP contribution in [0.1, 0.15) is 98.1 Å². The van der Waals surface area contributed by atoms with Crippen LogP contribution in [-0.2, 0) is 33.5 Å². The Balaban J connectivity index is 1.47. The van der Waals surface area contributed by atoms with E-state index in [1.54, 1.807) is 49.3 Å². The van der Waals surface area contributed by atoms with Crippen LogP contribution in [0.2, 0.25) is 0 Å². The number of carbonyl (C=O) groups excluding carboxylic acids is 7. The number of ether oxygens (including phenoxy) is 1. The summed E-state index contributed by atoms with van der Waals surface area (Å²) >= 11 is 0. The quantitative estimate of drug-likeness (QED) is 0.186. The van der Waals surface area contributed by atoms with Gasteiger partial charge in [0.1, 0.15) is 18.1 Å². The maximum absolute atomic E-state index is 14.5. The van der Waals surface area contributed by atoms with E-state index in [-0.39, 0.29) is 48.0 Å². The molecule has 2 unspecified atom stereocenters. The van der Waals surface area contributed by atoms with Crippen molar-refractivity contribution in [1.82, 2.24) is 31.1 Å². The van der Waals surface area contributed by atoms with Crippen LogP contribution in [0, 0.1) is 28.6 Å². The van der Waals surface area contributed by atoms with Crippen molar-refractivity contribution in [2.75, 3.05) is 33.8 Å². The Hall–Kier alpha value is -4.49. The van der Waals surface area contributed by atoms with Gasteiger partial charge in [0.05, 0.1) is 19.2 Å². The number of nitrogens with zero attached hydrogens (tertiary/aromatic N) is 2. The third-order valence-corrected chi connectivity index (χ3v) is 11.5. The fourth-order valence-corrected chi connectivity index (χ4v) is 8.19. The molecular formula is C40H60N6O8. The number of rotatable bonds is 16. The lowest BCUT2D eigenvalue weighted by atomic mass is 9.70. The monoisotopic (exact) mass is 752 g/mol. The topological polar surface area (TPSA) is 183 Å². The van der Waals surface area contributed by atoms with E-state index >= 15 is 0 Å². The average Bonchev–Trinajstić information content (AvgIpc) is 3.43. The fraction of sp³-hybridized carbons (Fsp3) is 0.675. The molecule has 4 rings (SSSR count). The Labute approximate surface area is 319 Å². The summed E-state index contributed by atoms with van der Waals surface area (Å²) in [6, 6.07) is 4.64. The van der Waals surface area contributed by atoms with Gasteiger partial charge in [-0.3, -0.25) is 28.8 Å². The maximum atomic E-state index is 14.5. The number of carbonyl (C=O) groups is 7. The summed E-state index contributed by atoms with van der Waals surface area (Å²) in [4.78, 5) is 97.0. The van der Waals surface area contributed by atoms with Gasteiger partial charge in [0.25, 0.3) is 5.91 Å². The number of nitrogens with one attached hydrogen (secondary N) is 4. The lowest BCUT2D eigenvalue weighted by molar-refractivity contribution is -0.146. The van der Waals surface area contributed by atoms with Gasteiger partial charge in [-0.15, -0.1) is 0 Å². The first-order chi connectivity index (χ1) is 25.4. The van der Waals surface area contributed by atoms with Crippen molar-refractivity contribution >= 4 is 41.4 Å². The summed E-state index contributed by atoms with van der Waals surface area (Å²) in [5.41, 5.74) is -0.214. The molecular weight excluding hydrogens is 692 g/mol. The molecule has 1 aliphatic heterocycles. The smallest absolute Gasteiger partial charge is 0.407 e. The molecule has 54 heavy (non-hydrogen) atoms. The predicted octanol–water partition coefficient (Wildman–Crippen LogP) is 3.11. The summed E-state index contributed by atoms with van der Waals surface area (Å²) in [6.07, 6.45) is 4.27. The molecule has 2 aliphatic carbocycles. The molecule has 3 aliphatic rings. The number of benzene rings is 1. The van der Waals surface area contributed by atoms with Crippen LogP contribution in [0.15, 0.2) is 30.3 Å². The minimum atomic E-state index is -1.20. The van der Waals surface area contributed by atoms with E-state index < -0.39 is 65.7 Å². The Kier molecular flexibility index (Phi) is 13.9. The molecule has 1 aromatic carbocycles. The number of hydrogen-bond acceptors (Lipinski definition) is 8. The highest BCUT2D eigenvalue weighted by atomic mass is 16.5. The van der Waals surface area contributed by atoms with E-state index in [0.29, 0.717) is 18.5 Å². The first-order valence-electron chi connectivity index (χ1n) is 19.3. The highest BCUT2D eigenvalue weighted by molar-refractivity contribution is 6.38. The van der Waals surface area contributed by atoms with Gasteiger partial charge in [0.2, 0.25) is 29.4 Å². The highest BCUT2D eigenvalue weighted by Crippen LogP contribution is 2.65. The largest absolute Gasteiger partial charge is 0.449 e. The zero-order valence-corrected chi connectivity index (χ0v) is 33.2. The molecule has 1 saturated heterocycles. The predicted molar refractivity (Wildman–Crippen MR) is 201 cm³/mol. The van der Waals surface area contributed by atoms with Crippen LogP contribution in [0.3, 0.4) is 0 Å². The second-order valence-electron chi connectivity index (χ2n) is 16.7. The highest BCUT2D eigenvalue weighted by Gasteiger charge is 2.70. The number of piperidine rings is 1. The molecule has 0 bridgehead atoms. The van der Waals surface area contributed by atoms with Gasteiger partial charge in [-0.2, -0.15) is 0 Å². The Morgan fingerprint density at radius 3 is 2.17 bits per heavy atom. The third-order valence-electron chi connectivity index (χ3n) is 11.5. The minimum Gasteiger partial charge on any atom is -0.449 e. The third kappa shape index (κ3) is 9.78. The molecule has 298 valence electrons. The molecule has 3 fully saturated rings. The fourth-order valence-electron chi connectivity index (χ4n) is 8.19. The summed E-state index contributed by atoms with van der Waals surface area (Å²) in [5, 5.41) is 10.6. The number of ketones is 1. The first kappa shape index (κ1) is 42.3. The molecule has 6 amide bonds. The Morgan fingerprint density at radius 1 is 0.926 bits per heavy atom. The van der Waals surface area contributed by atoms with Crippen molar-refractivity contribution in [2.24, 2.45) is 28.6 Å². The summed E-state index contributed by atoms with van der Waals surface area (Å²) in [6.45, 7) is 11.7. The van der Waals surface area contributed by atoms with Crippen LogP contribution < -0.4 is 21.3 Å². The van der Waals surface area contributed by atoms with Crippen LogP contribution in [0.25, 0.3) is 0 Å². The molecule has 4 N–H and O–H groups in total. The summed E-state index contributed by atoms with van der Waals surface area (Å²) < 4.78 is 5.42. The van der Waals surface area contributed by atoms with Crippen LogP contribution in [0.4, 0.5) is 4.79 Å². The molecule has 2 saturated carbocycles. The molecule has 0 aromatic heterocycles. The van der Waals surface area contributed by atoms with Crippen molar-refractivity contribution in [2.45, 2.75) is 111 Å². The van der Waals surface area contributed by atoms with Crippen molar-refractivity contribution in [3.05, 3.63) is 35.9 Å². The number of alkyl carbamates (subject to hydrolysis) is 1. The van der Waals surface area contributed by atoms with E-state index in [1.807, 2.05) is 41.5 Å². The van der Waals surface area contributed by atoms with Gasteiger partial charge >= 0.3 is 6.09 Å². The van der Waals surface area contributed by atoms with Crippen LogP contribution >= 0.6 is 0 Å². The minimum absolute atomic E-state index is 0.0473. The summed E-state index contributed by atoms with van der Waals surface area (Å²) in [5.74, 6) is -3.94. The number of fused-ring (bicyclic) bond motifs is 1. The molecule has 0 radical (unpaired) electrons. The lowest BCUT2D eigenvalue weighted by Crippen LogP contribution is -2.61. The Morgan fingerprint density at radius 2 is 1.57 bits per heavy atom. The standard InChI is InChI=1S/C40H60N6O8/c1-9-16-27(32(48)35(50)41-21-28(47)43-30(36(51)45(7)8)25-17-12-10-13-18-25)42-34(49)31-29-26(39(29,4)5)22-46(31)37(52)33(40(6)19-14-11-15-20-40)44-38(53)54-23-24(2)3/h10,12-13,17-18,24,26-27,29-31,33H,9,11,14-16,19-23H2,1-8H3,(H,41,50)(H,42,49)(H,43,47)(H,44,53)/t26?,27-,29?,30-,31-,33+/m0/s1. The van der Waals surface area contributed by atoms with Crippen molar-refractivity contribution in [3.63, 3.8) is 0 Å². The first-order valence-corrected chi connectivity index (χ1v) is 19.3. The van der Waals surface area contributed by atoms with E-state index in [2.05, 4.69) is 21.3 Å². The zero-order valence-electron chi connectivity index (χ0n) is 33.2. The zero-order chi connectivity index (χ0) is 40.0. The van der Waals surface area contributed by atoms with Gasteiger partial charge in [-0.25, -0.2) is 4.79 Å². The number of Topliss-reactive ketones (excluding diaryl/α,β-unsaturated/α-hetero) is 1. The van der Waals surface area contributed by atoms with Crippen LogP contribution in [-0.4, -0.2) is 103 Å². The molecule has 14 heteroatoms. The molecule has 6 atom stereocenters. The number of amides is 6. The van der Waals surface area contributed by atoms with Gasteiger partial charge in [0, 0.05) is 20.6 Å². The molecule has 1 heterocycles. The number of hydrogen-bond donors (Lipinski definition) is 4. The second-order valence-corrected chi connectivity index (χ2v) is 16.7. The van der Waals surface area contributed by atoms with Crippen molar-refractivity contribution < 1.29 is 38.3 Å². The normalized spacial score (nSPS) is 22.5. The summed E-state index contributed by atoms with van der Waals surface area (Å²) in [7, 11) is 3.13. The van der Waals surface area contributed by atoms with Crippen LogP contribution in [0.5, 0.6) is 0 Å². The number of likely N-dealkylation sites (N-methyl/N-ethyl adjacent to an activating group) is 1. The van der Waals surface area contributed by atoms with E-state index in [9.17, 15) is 33.6 Å². The van der Waals surface area contributed by atoms with E-state index in [4.69, 9.17) is 4.74 Å². The average molecular weight is 753 g/mol. The SMILES string of the molecule is CCC[C@H](NC(=O)[C@@H]1C2C(CN1C(=O)[C@@H](NC(=O)OCC(C)C)C1(C)CCCCC1)C2(C)C)C(=O)C(=O)NCC(=O)N[C@H](C(=O)N(C)C)c1ccccc1. The van der Waals surface area contributed by atoms with E-state index in [1.165, 1.54) is 4.90 Å². The van der Waals surface area contributed by atoms with Gasteiger partial charge in [-0.1, -0.05) is 97.6 Å². The van der Waals surface area contributed by atoms with Gasteiger partial charge in [-0.05, 0) is 53.4 Å². The van der Waals surface area contributed by atoms with Gasteiger partial charge < -0.3 is 35.8 Å². The Bertz CT molecular complexity index is 1560. The lowest BCUT2D eigenvalue weighted by Gasteiger charge is -2.43. The van der Waals surface area contributed by atoms with E-state index in [0.717, 1.165) is 32.1 Å². The molecule has 0 spiro atoms. The van der Waals surface area contributed by atoms with Crippen molar-refractivity contribution in [1.29, 1.82) is 0 Å². The molecule has 14 nitrogen and oxygen atoms in total. The maximum Gasteiger partial charge on any atom is 0.407 e. The molecule has 1 aromatic rings. The number of likely N-dealkylation sites (tertiary alicyclic amines) is 1. The second kappa shape index (κ2) is 17.8.